The number of nitrogens with one attached hydrogen (secondary N) is 1. The first kappa shape index (κ1) is 14.0. The highest BCUT2D eigenvalue weighted by Crippen LogP contribution is 2.31. The molecule has 6 nitrogen and oxygen atoms in total. The van der Waals surface area contributed by atoms with E-state index in [1.54, 1.807) is 0 Å². The van der Waals surface area contributed by atoms with Crippen LogP contribution >= 0.6 is 12.2 Å². The number of hydrogen-bond acceptors (Lipinski definition) is 5. The van der Waals surface area contributed by atoms with Crippen molar-refractivity contribution in [2.45, 2.75) is 37.8 Å². The van der Waals surface area contributed by atoms with Crippen LogP contribution in [0.15, 0.2) is 0 Å². The second-order valence-electron chi connectivity index (χ2n) is 3.96. The molecule has 0 radical (unpaired) electrons. The van der Waals surface area contributed by atoms with Gasteiger partial charge in [0, 0.05) is 6.42 Å². The molecular weight excluding hydrogens is 242 g/mol. The molecule has 1 aliphatic heterocycles. The number of carbonyl (C=O) groups is 2. The molecule has 0 spiro atoms. The minimum Gasteiger partial charge on any atom is -0.478 e. The highest BCUT2D eigenvalue weighted by Gasteiger charge is 2.60. The Kier molecular flexibility index (Phi) is 4.98. The summed E-state index contributed by atoms with van der Waals surface area (Å²) in [6, 6.07) is 0. The molecule has 17 heavy (non-hydrogen) atoms. The van der Waals surface area contributed by atoms with Crippen molar-refractivity contribution in [1.29, 1.82) is 0 Å². The second kappa shape index (κ2) is 6.04. The average molecular weight is 259 g/mol. The zero-order chi connectivity index (χ0) is 12.9. The zero-order valence-electron chi connectivity index (χ0n) is 9.52. The molecule has 1 fully saturated rings. The molecule has 4 N–H and O–H groups in total. The van der Waals surface area contributed by atoms with Crippen LogP contribution < -0.4 is 11.2 Å². The van der Waals surface area contributed by atoms with Gasteiger partial charge in [-0.2, -0.15) is 5.43 Å². The van der Waals surface area contributed by atoms with E-state index in [2.05, 4.69) is 17.6 Å². The molecular formula is C10H17N3O3S. The number of carbonyl (C=O) groups excluding carboxylic acids is 1. The largest absolute Gasteiger partial charge is 0.478 e. The van der Waals surface area contributed by atoms with E-state index < -0.39 is 11.6 Å². The maximum atomic E-state index is 11.6. The summed E-state index contributed by atoms with van der Waals surface area (Å²) in [5.41, 5.74) is 6.78. The lowest BCUT2D eigenvalue weighted by atomic mass is 10.1. The third-order valence-electron chi connectivity index (χ3n) is 2.70. The summed E-state index contributed by atoms with van der Waals surface area (Å²) in [6.07, 6.45) is 2.52. The topological polar surface area (TPSA) is 105 Å². The number of hydrogen-bond donors (Lipinski definition) is 3. The number of carboxylic acids is 1. The number of aliphatic carboxylic acids is 1. The van der Waals surface area contributed by atoms with Gasteiger partial charge in [-0.25, -0.2) is 9.80 Å². The number of nitrogens with two attached hydrogens (primary N) is 1. The number of carboxylic acid groups (broad SMARTS) is 1. The van der Waals surface area contributed by atoms with Crippen LogP contribution in [0.4, 0.5) is 0 Å². The van der Waals surface area contributed by atoms with Crippen molar-refractivity contribution in [3.8, 4) is 0 Å². The van der Waals surface area contributed by atoms with Gasteiger partial charge in [-0.05, 0) is 37.6 Å². The van der Waals surface area contributed by atoms with Gasteiger partial charge in [0.25, 0.3) is 0 Å². The highest BCUT2D eigenvalue weighted by atomic mass is 32.1. The molecule has 1 heterocycles. The number of rotatable bonds is 8. The quantitative estimate of drug-likeness (QED) is 0.322. The fraction of sp³-hybridized carbons (Fsp3) is 0.700. The Morgan fingerprint density at radius 2 is 2.18 bits per heavy atom. The van der Waals surface area contributed by atoms with Crippen molar-refractivity contribution in [3.63, 3.8) is 0 Å². The molecule has 0 saturated carbocycles. The molecule has 0 aromatic carbocycles. The lowest BCUT2D eigenvalue weighted by Crippen LogP contribution is -2.32. The summed E-state index contributed by atoms with van der Waals surface area (Å²) in [7, 11) is 0. The van der Waals surface area contributed by atoms with Crippen molar-refractivity contribution in [1.82, 2.24) is 10.4 Å². The molecule has 7 heteroatoms. The number of thiocarbonyl (C=S) groups is 1. The van der Waals surface area contributed by atoms with Crippen LogP contribution in [0.1, 0.15) is 32.1 Å². The van der Waals surface area contributed by atoms with Crippen molar-refractivity contribution < 1.29 is 14.7 Å². The Labute approximate surface area is 105 Å². The van der Waals surface area contributed by atoms with Gasteiger partial charge < -0.3 is 10.8 Å². The Hall–Kier alpha value is -1.05. The summed E-state index contributed by atoms with van der Waals surface area (Å²) in [6.45, 7) is 0.522. The van der Waals surface area contributed by atoms with Crippen LogP contribution in [0.25, 0.3) is 0 Å². The Morgan fingerprint density at radius 1 is 1.47 bits per heavy atom. The number of nitrogens with zero attached hydrogens (tertiary/aromatic N) is 1. The average Bonchev–Trinajstić information content (AvgIpc) is 3.02. The maximum Gasteiger partial charge on any atom is 0.347 e. The van der Waals surface area contributed by atoms with E-state index in [-0.39, 0.29) is 12.3 Å². The standard InChI is InChI=1S/C10H17N3O3S/c11-6-2-1-5-10(9(15)16)12-13(10)8(14)4-3-7-17/h7,12H,1-6,11H2,(H,15,16)/t10-,13?/m1/s1. The van der Waals surface area contributed by atoms with Gasteiger partial charge in [0.1, 0.15) is 0 Å². The van der Waals surface area contributed by atoms with Gasteiger partial charge in [0.2, 0.25) is 11.6 Å². The molecule has 1 atom stereocenters. The SMILES string of the molecule is NCCCC[C@@]1(C(=O)O)NN1C(=O)CCC=S. The summed E-state index contributed by atoms with van der Waals surface area (Å²) in [5, 5.41) is 11.8. The maximum absolute atomic E-state index is 11.6. The smallest absolute Gasteiger partial charge is 0.347 e. The molecule has 1 amide bonds. The van der Waals surface area contributed by atoms with Gasteiger partial charge in [0.15, 0.2) is 0 Å². The molecule has 0 aliphatic carbocycles. The number of unbranched alkanes of at least 4 members (excludes halogenated alkanes) is 1. The molecule has 1 saturated heterocycles. The molecule has 0 aromatic rings. The minimum atomic E-state index is -1.21. The molecule has 1 rings (SSSR count). The third kappa shape index (κ3) is 3.21. The van der Waals surface area contributed by atoms with E-state index in [0.717, 1.165) is 6.42 Å². The van der Waals surface area contributed by atoms with E-state index in [1.165, 1.54) is 10.4 Å². The summed E-state index contributed by atoms with van der Waals surface area (Å²) < 4.78 is 0. The lowest BCUT2D eigenvalue weighted by molar-refractivity contribution is -0.144. The Bertz CT molecular complexity index is 324. The van der Waals surface area contributed by atoms with Crippen molar-refractivity contribution in [3.05, 3.63) is 0 Å². The highest BCUT2D eigenvalue weighted by molar-refractivity contribution is 7.78. The van der Waals surface area contributed by atoms with Crippen LogP contribution in [-0.4, -0.2) is 39.6 Å². The molecule has 0 bridgehead atoms. The fourth-order valence-electron chi connectivity index (χ4n) is 1.67. The number of amides is 1. The fourth-order valence-corrected chi connectivity index (χ4v) is 1.79. The predicted molar refractivity (Wildman–Crippen MR) is 66.1 cm³/mol. The van der Waals surface area contributed by atoms with Crippen LogP contribution in [0.2, 0.25) is 0 Å². The van der Waals surface area contributed by atoms with Gasteiger partial charge in [-0.1, -0.05) is 12.2 Å². The first-order valence-corrected chi connectivity index (χ1v) is 6.03. The lowest BCUT2D eigenvalue weighted by Gasteiger charge is -2.09. The molecule has 1 aliphatic rings. The van der Waals surface area contributed by atoms with E-state index >= 15 is 0 Å². The minimum absolute atomic E-state index is 0.235. The molecule has 96 valence electrons. The summed E-state index contributed by atoms with van der Waals surface area (Å²) >= 11 is 4.63. The molecule has 0 unspecified atom stereocenters. The van der Waals surface area contributed by atoms with E-state index in [0.29, 0.717) is 25.8 Å². The zero-order valence-corrected chi connectivity index (χ0v) is 10.3. The van der Waals surface area contributed by atoms with Crippen molar-refractivity contribution in [2.24, 2.45) is 5.73 Å². The summed E-state index contributed by atoms with van der Waals surface area (Å²) in [4.78, 5) is 22.8. The predicted octanol–water partition coefficient (Wildman–Crippen LogP) is 0.0230. The Balaban J connectivity index is 2.51. The third-order valence-corrected chi connectivity index (χ3v) is 2.94. The second-order valence-corrected chi connectivity index (χ2v) is 4.29. The van der Waals surface area contributed by atoms with E-state index in [1.807, 2.05) is 0 Å². The van der Waals surface area contributed by atoms with Gasteiger partial charge in [-0.3, -0.25) is 4.79 Å². The van der Waals surface area contributed by atoms with Gasteiger partial charge in [-0.15, -0.1) is 0 Å². The monoisotopic (exact) mass is 259 g/mol. The molecule has 0 aromatic heterocycles. The number of hydrazine groups is 1. The first-order valence-electron chi connectivity index (χ1n) is 5.56. The summed E-state index contributed by atoms with van der Waals surface area (Å²) in [5.74, 6) is -1.26. The van der Waals surface area contributed by atoms with Crippen LogP contribution in [0.5, 0.6) is 0 Å². The van der Waals surface area contributed by atoms with Crippen LogP contribution in [0.3, 0.4) is 0 Å². The van der Waals surface area contributed by atoms with Crippen molar-refractivity contribution in [2.75, 3.05) is 6.54 Å². The van der Waals surface area contributed by atoms with Gasteiger partial charge in [0.05, 0.1) is 0 Å². The Morgan fingerprint density at radius 3 is 2.71 bits per heavy atom. The van der Waals surface area contributed by atoms with Crippen molar-refractivity contribution >= 4 is 29.5 Å². The van der Waals surface area contributed by atoms with Crippen LogP contribution in [0, 0.1) is 0 Å². The van der Waals surface area contributed by atoms with Gasteiger partial charge >= 0.3 is 5.97 Å². The van der Waals surface area contributed by atoms with E-state index in [9.17, 15) is 9.59 Å². The van der Waals surface area contributed by atoms with E-state index in [4.69, 9.17) is 10.8 Å². The first-order chi connectivity index (χ1) is 8.08. The van der Waals surface area contributed by atoms with Crippen LogP contribution in [-0.2, 0) is 9.59 Å². The normalized spacial score (nSPS) is 22.3.